The second-order valence-electron chi connectivity index (χ2n) is 13.1. The van der Waals surface area contributed by atoms with Gasteiger partial charge in [0.25, 0.3) is 0 Å². The highest BCUT2D eigenvalue weighted by Gasteiger charge is 2.51. The molecule has 228 valence electrons. The Morgan fingerprint density at radius 2 is 0.959 bits per heavy atom. The van der Waals surface area contributed by atoms with E-state index in [4.69, 9.17) is 10.2 Å². The van der Waals surface area contributed by atoms with Gasteiger partial charge < -0.3 is 0 Å². The first-order chi connectivity index (χ1) is 24.2. The second-order valence-corrected chi connectivity index (χ2v) is 14.4. The highest BCUT2D eigenvalue weighted by atomic mass is 127. The molecule has 0 radical (unpaired) electrons. The van der Waals surface area contributed by atoms with Crippen LogP contribution in [0.4, 0.5) is 0 Å². The predicted octanol–water partition coefficient (Wildman–Crippen LogP) is 11.3. The Morgan fingerprint density at radius 1 is 0.429 bits per heavy atom. The van der Waals surface area contributed by atoms with Gasteiger partial charge in [0.15, 0.2) is 11.5 Å². The molecule has 3 nitrogen and oxygen atoms in total. The first-order valence-electron chi connectivity index (χ1n) is 16.6. The molecule has 0 atom stereocenters. The van der Waals surface area contributed by atoms with Crippen LogP contribution in [0.1, 0.15) is 22.3 Å². The highest BCUT2D eigenvalue weighted by Crippen LogP contribution is 2.63. The molecule has 11 rings (SSSR count). The van der Waals surface area contributed by atoms with Crippen molar-refractivity contribution < 1.29 is 0 Å². The largest absolute Gasteiger partial charge is 0.274 e. The van der Waals surface area contributed by atoms with Gasteiger partial charge in [-0.05, 0) is 114 Å². The van der Waals surface area contributed by atoms with Gasteiger partial charge in [-0.2, -0.15) is 0 Å². The van der Waals surface area contributed by atoms with Gasteiger partial charge in [-0.3, -0.25) is 4.40 Å². The van der Waals surface area contributed by atoms with E-state index in [0.717, 1.165) is 27.9 Å². The monoisotopic (exact) mass is 735 g/mol. The standard InChI is InChI=1S/C45H26IN3/c46-30-21-17-27(18-22-30)43-47-48-44-36-13-2-1-9-31(36)37-25-28(20-24-42(37)49(43)44)29-19-23-35-34-12-5-8-16-40(34)45(41(35)26-29)38-14-6-3-10-32(38)33-11-4-7-15-39(33)45/h1-26H. The van der Waals surface area contributed by atoms with E-state index in [2.05, 4.69) is 185 Å². The zero-order chi connectivity index (χ0) is 32.3. The molecule has 0 amide bonds. The van der Waals surface area contributed by atoms with E-state index in [0.29, 0.717) is 0 Å². The molecule has 0 aliphatic heterocycles. The van der Waals surface area contributed by atoms with Crippen molar-refractivity contribution in [3.05, 3.63) is 184 Å². The quantitative estimate of drug-likeness (QED) is 0.131. The molecule has 0 bridgehead atoms. The maximum atomic E-state index is 4.72. The molecule has 2 aromatic heterocycles. The van der Waals surface area contributed by atoms with Gasteiger partial charge in [-0.25, -0.2) is 0 Å². The number of aromatic nitrogens is 3. The van der Waals surface area contributed by atoms with Crippen LogP contribution in [0.25, 0.3) is 72.1 Å². The maximum Gasteiger partial charge on any atom is 0.169 e. The zero-order valence-corrected chi connectivity index (χ0v) is 28.4. The molecule has 0 saturated heterocycles. The topological polar surface area (TPSA) is 30.2 Å². The Balaban J connectivity index is 1.18. The number of fused-ring (bicyclic) bond motifs is 16. The lowest BCUT2D eigenvalue weighted by atomic mass is 9.70. The summed E-state index contributed by atoms with van der Waals surface area (Å²) >= 11 is 2.35. The number of benzene rings is 7. The molecule has 2 aliphatic rings. The molecule has 0 fully saturated rings. The predicted molar refractivity (Wildman–Crippen MR) is 208 cm³/mol. The van der Waals surface area contributed by atoms with Gasteiger partial charge in [-0.15, -0.1) is 10.2 Å². The average Bonchev–Trinajstić information content (AvgIpc) is 3.83. The summed E-state index contributed by atoms with van der Waals surface area (Å²) in [5.41, 5.74) is 15.8. The Bertz CT molecular complexity index is 2780. The molecule has 49 heavy (non-hydrogen) atoms. The van der Waals surface area contributed by atoms with Crippen molar-refractivity contribution >= 4 is 49.9 Å². The third-order valence-electron chi connectivity index (χ3n) is 10.8. The van der Waals surface area contributed by atoms with Crippen LogP contribution in [0.15, 0.2) is 158 Å². The van der Waals surface area contributed by atoms with Crippen molar-refractivity contribution in [3.63, 3.8) is 0 Å². The van der Waals surface area contributed by atoms with E-state index in [1.165, 1.54) is 70.0 Å². The fourth-order valence-corrected chi connectivity index (χ4v) is 9.15. The smallest absolute Gasteiger partial charge is 0.169 e. The molecular formula is C45H26IN3. The summed E-state index contributed by atoms with van der Waals surface area (Å²) in [7, 11) is 0. The molecule has 9 aromatic rings. The van der Waals surface area contributed by atoms with Crippen molar-refractivity contribution in [1.29, 1.82) is 0 Å². The number of rotatable bonds is 2. The summed E-state index contributed by atoms with van der Waals surface area (Å²) in [6, 6.07) is 58.1. The summed E-state index contributed by atoms with van der Waals surface area (Å²) in [5, 5.41) is 12.9. The van der Waals surface area contributed by atoms with Crippen LogP contribution in [0, 0.1) is 3.57 Å². The van der Waals surface area contributed by atoms with Crippen LogP contribution in [0.5, 0.6) is 0 Å². The molecular weight excluding hydrogens is 709 g/mol. The van der Waals surface area contributed by atoms with Crippen LogP contribution in [0.3, 0.4) is 0 Å². The van der Waals surface area contributed by atoms with Gasteiger partial charge in [0.1, 0.15) is 0 Å². The van der Waals surface area contributed by atoms with Crippen molar-refractivity contribution in [1.82, 2.24) is 14.6 Å². The third-order valence-corrected chi connectivity index (χ3v) is 11.5. The number of halogens is 1. The minimum absolute atomic E-state index is 0.365. The maximum absolute atomic E-state index is 4.72. The van der Waals surface area contributed by atoms with Crippen molar-refractivity contribution in [2.75, 3.05) is 0 Å². The van der Waals surface area contributed by atoms with Gasteiger partial charge in [0.2, 0.25) is 0 Å². The third kappa shape index (κ3) is 3.56. The van der Waals surface area contributed by atoms with Gasteiger partial charge in [-0.1, -0.05) is 127 Å². The molecule has 7 aromatic carbocycles. The Hall–Kier alpha value is -5.59. The molecule has 2 heterocycles. The first-order valence-corrected chi connectivity index (χ1v) is 17.7. The van der Waals surface area contributed by atoms with Crippen LogP contribution < -0.4 is 0 Å². The average molecular weight is 736 g/mol. The highest BCUT2D eigenvalue weighted by molar-refractivity contribution is 14.1. The van der Waals surface area contributed by atoms with E-state index in [9.17, 15) is 0 Å². The van der Waals surface area contributed by atoms with Gasteiger partial charge in [0.05, 0.1) is 10.9 Å². The van der Waals surface area contributed by atoms with E-state index in [1.54, 1.807) is 0 Å². The van der Waals surface area contributed by atoms with Crippen molar-refractivity contribution in [2.45, 2.75) is 5.41 Å². The van der Waals surface area contributed by atoms with Crippen molar-refractivity contribution in [2.24, 2.45) is 0 Å². The van der Waals surface area contributed by atoms with Crippen LogP contribution in [-0.4, -0.2) is 14.6 Å². The molecule has 4 heteroatoms. The zero-order valence-electron chi connectivity index (χ0n) is 26.2. The first kappa shape index (κ1) is 27.4. The lowest BCUT2D eigenvalue weighted by Crippen LogP contribution is -2.25. The lowest BCUT2D eigenvalue weighted by molar-refractivity contribution is 0.794. The lowest BCUT2D eigenvalue weighted by Gasteiger charge is -2.30. The summed E-state index contributed by atoms with van der Waals surface area (Å²) in [5.74, 6) is 0.853. The van der Waals surface area contributed by atoms with Gasteiger partial charge in [0, 0.05) is 19.9 Å². The van der Waals surface area contributed by atoms with Gasteiger partial charge >= 0.3 is 0 Å². The van der Waals surface area contributed by atoms with Crippen LogP contribution >= 0.6 is 22.6 Å². The van der Waals surface area contributed by atoms with Crippen molar-refractivity contribution in [3.8, 4) is 44.8 Å². The fraction of sp³-hybridized carbons (Fsp3) is 0.0222. The Morgan fingerprint density at radius 3 is 1.63 bits per heavy atom. The Kier molecular flexibility index (Phi) is 5.57. The van der Waals surface area contributed by atoms with Crippen LogP contribution in [-0.2, 0) is 5.41 Å². The summed E-state index contributed by atoms with van der Waals surface area (Å²) < 4.78 is 3.42. The van der Waals surface area contributed by atoms with E-state index in [1.807, 2.05) is 0 Å². The SMILES string of the molecule is Ic1ccc(-c2nnc3c4ccccc4c4cc(-c5ccc6c(c5)C5(c7ccccc7-c7ccccc75)c5ccccc5-6)ccc4n23)cc1. The second kappa shape index (κ2) is 9.97. The van der Waals surface area contributed by atoms with Crippen LogP contribution in [0.2, 0.25) is 0 Å². The number of hydrogen-bond acceptors (Lipinski definition) is 2. The van der Waals surface area contributed by atoms with E-state index in [-0.39, 0.29) is 5.41 Å². The molecule has 0 unspecified atom stereocenters. The minimum atomic E-state index is -0.365. The fourth-order valence-electron chi connectivity index (χ4n) is 8.79. The Labute approximate surface area is 296 Å². The molecule has 0 N–H and O–H groups in total. The van der Waals surface area contributed by atoms with E-state index >= 15 is 0 Å². The summed E-state index contributed by atoms with van der Waals surface area (Å²) in [6.45, 7) is 0. The number of pyridine rings is 1. The minimum Gasteiger partial charge on any atom is -0.274 e. The molecule has 2 aliphatic carbocycles. The number of hydrogen-bond donors (Lipinski definition) is 0. The summed E-state index contributed by atoms with van der Waals surface area (Å²) in [6.07, 6.45) is 0. The molecule has 1 spiro atoms. The number of nitrogens with zero attached hydrogens (tertiary/aromatic N) is 3. The normalized spacial score (nSPS) is 13.6. The molecule has 0 saturated carbocycles. The van der Waals surface area contributed by atoms with E-state index < -0.39 is 0 Å². The summed E-state index contributed by atoms with van der Waals surface area (Å²) in [4.78, 5) is 0.